The summed E-state index contributed by atoms with van der Waals surface area (Å²) in [5.74, 6) is 0.675. The van der Waals surface area contributed by atoms with Crippen molar-refractivity contribution in [3.05, 3.63) is 47.5 Å². The maximum atomic E-state index is 11.3. The van der Waals surface area contributed by atoms with Crippen LogP contribution in [0.25, 0.3) is 0 Å². The average Bonchev–Trinajstić information content (AvgIpc) is 2.29. The monoisotopic (exact) mass is 200 g/mol. The first-order valence-corrected chi connectivity index (χ1v) is 5.55. The summed E-state index contributed by atoms with van der Waals surface area (Å²) < 4.78 is 0. The predicted octanol–water partition coefficient (Wildman–Crippen LogP) is 3.47. The van der Waals surface area contributed by atoms with Gasteiger partial charge in [0.15, 0.2) is 5.78 Å². The van der Waals surface area contributed by atoms with E-state index in [1.165, 1.54) is 11.1 Å². The molecule has 1 heteroatoms. The topological polar surface area (TPSA) is 17.1 Å². The number of ketones is 1. The number of carbonyl (C=O) groups is 1. The summed E-state index contributed by atoms with van der Waals surface area (Å²) in [5, 5.41) is 0. The van der Waals surface area contributed by atoms with Crippen LogP contribution in [-0.2, 0) is 4.79 Å². The van der Waals surface area contributed by atoms with Crippen molar-refractivity contribution < 1.29 is 4.79 Å². The van der Waals surface area contributed by atoms with E-state index in [9.17, 15) is 4.79 Å². The van der Waals surface area contributed by atoms with Gasteiger partial charge in [-0.2, -0.15) is 0 Å². The normalized spacial score (nSPS) is 18.5. The van der Waals surface area contributed by atoms with Gasteiger partial charge in [0.05, 0.1) is 0 Å². The van der Waals surface area contributed by atoms with Crippen molar-refractivity contribution in [1.82, 2.24) is 0 Å². The smallest absolute Gasteiger partial charge is 0.155 e. The molecule has 1 aliphatic rings. The van der Waals surface area contributed by atoms with Gasteiger partial charge in [-0.25, -0.2) is 0 Å². The first-order chi connectivity index (χ1) is 7.27. The molecule has 0 aliphatic heterocycles. The van der Waals surface area contributed by atoms with Gasteiger partial charge in [-0.1, -0.05) is 42.8 Å². The standard InChI is InChI=1S/C14H16O/c1-11(12-6-3-2-4-7-12)13-8-5-9-14(15)10-13/h2-4,6-7,10-11H,5,8-9H2,1H3. The number of hydrogen-bond acceptors (Lipinski definition) is 1. The highest BCUT2D eigenvalue weighted by atomic mass is 16.1. The lowest BCUT2D eigenvalue weighted by molar-refractivity contribution is -0.115. The fraction of sp³-hybridized carbons (Fsp3) is 0.357. The minimum Gasteiger partial charge on any atom is -0.295 e. The van der Waals surface area contributed by atoms with E-state index >= 15 is 0 Å². The molecule has 0 saturated heterocycles. The molecule has 1 aliphatic carbocycles. The number of hydrogen-bond donors (Lipinski definition) is 0. The maximum absolute atomic E-state index is 11.3. The molecule has 0 spiro atoms. The second-order valence-electron chi connectivity index (χ2n) is 4.17. The Hall–Kier alpha value is -1.37. The van der Waals surface area contributed by atoms with E-state index in [0.29, 0.717) is 11.7 Å². The van der Waals surface area contributed by atoms with Crippen LogP contribution in [0.2, 0.25) is 0 Å². The van der Waals surface area contributed by atoms with E-state index < -0.39 is 0 Å². The molecule has 0 aromatic heterocycles. The van der Waals surface area contributed by atoms with Gasteiger partial charge >= 0.3 is 0 Å². The largest absolute Gasteiger partial charge is 0.295 e. The Morgan fingerprint density at radius 3 is 2.53 bits per heavy atom. The highest BCUT2D eigenvalue weighted by Crippen LogP contribution is 2.29. The highest BCUT2D eigenvalue weighted by Gasteiger charge is 2.16. The molecule has 1 aromatic carbocycles. The molecule has 15 heavy (non-hydrogen) atoms. The average molecular weight is 200 g/mol. The third-order valence-corrected chi connectivity index (χ3v) is 3.09. The molecule has 78 valence electrons. The van der Waals surface area contributed by atoms with Crippen molar-refractivity contribution in [2.45, 2.75) is 32.1 Å². The van der Waals surface area contributed by atoms with Gasteiger partial charge in [-0.15, -0.1) is 0 Å². The summed E-state index contributed by atoms with van der Waals surface area (Å²) in [5.41, 5.74) is 2.59. The Morgan fingerprint density at radius 2 is 1.87 bits per heavy atom. The lowest BCUT2D eigenvalue weighted by Gasteiger charge is -2.19. The van der Waals surface area contributed by atoms with E-state index in [2.05, 4.69) is 31.2 Å². The van der Waals surface area contributed by atoms with Gasteiger partial charge in [-0.3, -0.25) is 4.79 Å². The Bertz CT molecular complexity index is 376. The number of allylic oxidation sites excluding steroid dienone is 2. The zero-order valence-electron chi connectivity index (χ0n) is 9.07. The van der Waals surface area contributed by atoms with Crippen LogP contribution in [-0.4, -0.2) is 5.78 Å². The van der Waals surface area contributed by atoms with Gasteiger partial charge in [0.2, 0.25) is 0 Å². The molecule has 0 amide bonds. The lowest BCUT2D eigenvalue weighted by Crippen LogP contribution is -2.07. The number of rotatable bonds is 2. The quantitative estimate of drug-likeness (QED) is 0.714. The molecular formula is C14H16O. The SMILES string of the molecule is CC(C1=CC(=O)CCC1)c1ccccc1. The van der Waals surface area contributed by atoms with Crippen LogP contribution in [0, 0.1) is 0 Å². The second kappa shape index (κ2) is 4.43. The molecule has 0 heterocycles. The van der Waals surface area contributed by atoms with Crippen molar-refractivity contribution in [2.75, 3.05) is 0 Å². The first-order valence-electron chi connectivity index (χ1n) is 5.55. The first kappa shape index (κ1) is 10.2. The fourth-order valence-electron chi connectivity index (χ4n) is 2.12. The van der Waals surface area contributed by atoms with Gasteiger partial charge < -0.3 is 0 Å². The predicted molar refractivity (Wildman–Crippen MR) is 61.8 cm³/mol. The zero-order chi connectivity index (χ0) is 10.7. The van der Waals surface area contributed by atoms with E-state index in [1.54, 1.807) is 0 Å². The Kier molecular flexibility index (Phi) is 3.00. The number of benzene rings is 1. The summed E-state index contributed by atoms with van der Waals surface area (Å²) in [6.07, 6.45) is 4.66. The summed E-state index contributed by atoms with van der Waals surface area (Å²) >= 11 is 0. The summed E-state index contributed by atoms with van der Waals surface area (Å²) in [6, 6.07) is 10.4. The van der Waals surface area contributed by atoms with E-state index in [-0.39, 0.29) is 0 Å². The fourth-order valence-corrected chi connectivity index (χ4v) is 2.12. The summed E-state index contributed by atoms with van der Waals surface area (Å²) in [6.45, 7) is 2.18. The maximum Gasteiger partial charge on any atom is 0.155 e. The van der Waals surface area contributed by atoms with Crippen molar-refractivity contribution in [3.63, 3.8) is 0 Å². The zero-order valence-corrected chi connectivity index (χ0v) is 9.07. The van der Waals surface area contributed by atoms with Crippen LogP contribution >= 0.6 is 0 Å². The molecule has 1 unspecified atom stereocenters. The minimum atomic E-state index is 0.291. The van der Waals surface area contributed by atoms with Crippen LogP contribution in [0.4, 0.5) is 0 Å². The Balaban J connectivity index is 2.21. The third kappa shape index (κ3) is 2.35. The molecule has 2 rings (SSSR count). The molecule has 1 nitrogen and oxygen atoms in total. The molecule has 1 aromatic rings. The molecule has 0 fully saturated rings. The molecule has 0 bridgehead atoms. The molecule has 0 N–H and O–H groups in total. The number of carbonyl (C=O) groups excluding carboxylic acids is 1. The van der Waals surface area contributed by atoms with Gasteiger partial charge in [0, 0.05) is 12.3 Å². The molecular weight excluding hydrogens is 184 g/mol. The third-order valence-electron chi connectivity index (χ3n) is 3.09. The molecule has 1 atom stereocenters. The van der Waals surface area contributed by atoms with Crippen LogP contribution in [0.3, 0.4) is 0 Å². The van der Waals surface area contributed by atoms with E-state index in [4.69, 9.17) is 0 Å². The molecule has 0 radical (unpaired) electrons. The van der Waals surface area contributed by atoms with E-state index in [0.717, 1.165) is 19.3 Å². The minimum absolute atomic E-state index is 0.291. The molecule has 0 saturated carbocycles. The van der Waals surface area contributed by atoms with Gasteiger partial charge in [-0.05, 0) is 24.5 Å². The van der Waals surface area contributed by atoms with Crippen LogP contribution < -0.4 is 0 Å². The van der Waals surface area contributed by atoms with Crippen molar-refractivity contribution >= 4 is 5.78 Å². The van der Waals surface area contributed by atoms with Crippen molar-refractivity contribution in [1.29, 1.82) is 0 Å². The van der Waals surface area contributed by atoms with Crippen LogP contribution in [0.5, 0.6) is 0 Å². The van der Waals surface area contributed by atoms with Crippen LogP contribution in [0.1, 0.15) is 37.7 Å². The lowest BCUT2D eigenvalue weighted by atomic mass is 9.85. The van der Waals surface area contributed by atoms with Crippen molar-refractivity contribution in [3.8, 4) is 0 Å². The Morgan fingerprint density at radius 1 is 1.13 bits per heavy atom. The summed E-state index contributed by atoms with van der Waals surface area (Å²) in [7, 11) is 0. The van der Waals surface area contributed by atoms with Crippen LogP contribution in [0.15, 0.2) is 42.0 Å². The van der Waals surface area contributed by atoms with E-state index in [1.807, 2.05) is 12.1 Å². The van der Waals surface area contributed by atoms with Gasteiger partial charge in [0.25, 0.3) is 0 Å². The van der Waals surface area contributed by atoms with Crippen molar-refractivity contribution in [2.24, 2.45) is 0 Å². The van der Waals surface area contributed by atoms with Gasteiger partial charge in [0.1, 0.15) is 0 Å². The second-order valence-corrected chi connectivity index (χ2v) is 4.17. The summed E-state index contributed by atoms with van der Waals surface area (Å²) in [4.78, 5) is 11.3. The Labute approximate surface area is 90.8 Å². The highest BCUT2D eigenvalue weighted by molar-refractivity contribution is 5.91.